The van der Waals surface area contributed by atoms with Crippen LogP contribution >= 0.6 is 0 Å². The number of carbonyl (C=O) groups excluding carboxylic acids is 1. The highest BCUT2D eigenvalue weighted by atomic mass is 16.5. The third-order valence-corrected chi connectivity index (χ3v) is 4.54. The minimum atomic E-state index is -0.988. The summed E-state index contributed by atoms with van der Waals surface area (Å²) in [6, 6.07) is 7.38. The predicted octanol–water partition coefficient (Wildman–Crippen LogP) is 2.22. The number of para-hydroxylation sites is 2. The van der Waals surface area contributed by atoms with Gasteiger partial charge in [-0.15, -0.1) is 0 Å². The summed E-state index contributed by atoms with van der Waals surface area (Å²) in [7, 11) is 0. The van der Waals surface area contributed by atoms with Gasteiger partial charge in [0.1, 0.15) is 0 Å². The van der Waals surface area contributed by atoms with E-state index in [-0.39, 0.29) is 24.1 Å². The van der Waals surface area contributed by atoms with Crippen LogP contribution < -0.4 is 9.47 Å². The molecule has 0 saturated carbocycles. The third kappa shape index (κ3) is 4.58. The summed E-state index contributed by atoms with van der Waals surface area (Å²) in [5, 5.41) is 13.1. The number of aromatic nitrogens is 2. The second kappa shape index (κ2) is 8.57. The molecule has 0 spiro atoms. The van der Waals surface area contributed by atoms with E-state index in [4.69, 9.17) is 14.6 Å². The fraction of sp³-hybridized carbons (Fsp3) is 0.421. The Hall–Kier alpha value is -3.03. The normalized spacial score (nSPS) is 14.8. The monoisotopic (exact) mass is 373 g/mol. The lowest BCUT2D eigenvalue weighted by Gasteiger charge is -2.32. The molecule has 0 atom stereocenters. The molecule has 1 N–H and O–H groups in total. The molecule has 2 heterocycles. The van der Waals surface area contributed by atoms with Crippen LogP contribution in [0, 0.1) is 0 Å². The van der Waals surface area contributed by atoms with E-state index in [1.54, 1.807) is 15.6 Å². The van der Waals surface area contributed by atoms with Gasteiger partial charge in [-0.3, -0.25) is 9.48 Å². The number of ether oxygens (including phenoxy) is 2. The first-order valence-corrected chi connectivity index (χ1v) is 8.98. The van der Waals surface area contributed by atoms with Crippen molar-refractivity contribution in [3.05, 3.63) is 42.2 Å². The Bertz CT molecular complexity index is 796. The van der Waals surface area contributed by atoms with Crippen molar-refractivity contribution in [1.29, 1.82) is 0 Å². The number of benzene rings is 1. The van der Waals surface area contributed by atoms with Gasteiger partial charge in [-0.05, 0) is 31.9 Å². The molecular weight excluding hydrogens is 350 g/mol. The first-order valence-electron chi connectivity index (χ1n) is 8.98. The van der Waals surface area contributed by atoms with E-state index in [0.29, 0.717) is 31.2 Å². The van der Waals surface area contributed by atoms with Crippen molar-refractivity contribution in [2.75, 3.05) is 26.3 Å². The van der Waals surface area contributed by atoms with Crippen molar-refractivity contribution in [3.8, 4) is 11.5 Å². The molecule has 8 heteroatoms. The zero-order chi connectivity index (χ0) is 19.2. The van der Waals surface area contributed by atoms with Crippen LogP contribution in [0.1, 0.15) is 36.2 Å². The van der Waals surface area contributed by atoms with Crippen molar-refractivity contribution >= 4 is 11.9 Å². The molecule has 0 bridgehead atoms. The Balaban J connectivity index is 1.50. The minimum Gasteiger partial charge on any atom is -0.490 e. The van der Waals surface area contributed by atoms with Crippen LogP contribution in [0.15, 0.2) is 36.7 Å². The molecule has 2 aromatic rings. The summed E-state index contributed by atoms with van der Waals surface area (Å²) >= 11 is 0. The average molecular weight is 373 g/mol. The molecule has 27 heavy (non-hydrogen) atoms. The van der Waals surface area contributed by atoms with Gasteiger partial charge in [-0.25, -0.2) is 4.79 Å². The number of nitrogens with zero attached hydrogens (tertiary/aromatic N) is 3. The number of hydrogen-bond donors (Lipinski definition) is 1. The van der Waals surface area contributed by atoms with E-state index in [9.17, 15) is 9.59 Å². The van der Waals surface area contributed by atoms with Crippen molar-refractivity contribution < 1.29 is 24.2 Å². The van der Waals surface area contributed by atoms with Gasteiger partial charge >= 0.3 is 5.97 Å². The summed E-state index contributed by atoms with van der Waals surface area (Å²) in [6.07, 6.45) is 4.34. The molecule has 1 aromatic carbocycles. The lowest BCUT2D eigenvalue weighted by molar-refractivity contribution is -0.134. The van der Waals surface area contributed by atoms with Gasteiger partial charge in [0.15, 0.2) is 18.1 Å². The number of carbonyl (C=O) groups is 2. The number of hydrogen-bond acceptors (Lipinski definition) is 5. The molecule has 1 amide bonds. The summed E-state index contributed by atoms with van der Waals surface area (Å²) in [5.41, 5.74) is 0.176. The molecular formula is C19H23N3O5. The largest absolute Gasteiger partial charge is 0.490 e. The van der Waals surface area contributed by atoms with Crippen LogP contribution in [0.2, 0.25) is 0 Å². The van der Waals surface area contributed by atoms with Crippen LogP contribution in [0.3, 0.4) is 0 Å². The van der Waals surface area contributed by atoms with Gasteiger partial charge in [0.2, 0.25) is 0 Å². The van der Waals surface area contributed by atoms with E-state index in [0.717, 1.165) is 12.8 Å². The molecule has 1 aromatic heterocycles. The molecule has 0 aliphatic carbocycles. The highest BCUT2D eigenvalue weighted by molar-refractivity contribution is 5.86. The Morgan fingerprint density at radius 1 is 1.19 bits per heavy atom. The van der Waals surface area contributed by atoms with Gasteiger partial charge in [0, 0.05) is 19.3 Å². The number of carboxylic acids is 1. The standard InChI is InChI=1S/C19H23N3O5/c1-2-26-16-5-3-4-6-17(16)27-13-18(23)21-9-7-15(8-10-21)22-12-14(11-20-22)19(24)25/h3-6,11-12,15H,2,7-10,13H2,1H3,(H,24,25). The van der Waals surface area contributed by atoms with E-state index in [1.807, 2.05) is 25.1 Å². The molecule has 1 aliphatic rings. The Kier molecular flexibility index (Phi) is 5.95. The lowest BCUT2D eigenvalue weighted by Crippen LogP contribution is -2.41. The summed E-state index contributed by atoms with van der Waals surface area (Å²) < 4.78 is 12.8. The number of carboxylic acid groups (broad SMARTS) is 1. The van der Waals surface area contributed by atoms with E-state index in [2.05, 4.69) is 5.10 Å². The van der Waals surface area contributed by atoms with Crippen LogP contribution in [-0.2, 0) is 4.79 Å². The van der Waals surface area contributed by atoms with Crippen molar-refractivity contribution in [1.82, 2.24) is 14.7 Å². The summed E-state index contributed by atoms with van der Waals surface area (Å²) in [4.78, 5) is 25.2. The van der Waals surface area contributed by atoms with Crippen molar-refractivity contribution in [3.63, 3.8) is 0 Å². The van der Waals surface area contributed by atoms with Crippen LogP contribution in [0.5, 0.6) is 11.5 Å². The fourth-order valence-electron chi connectivity index (χ4n) is 3.10. The maximum Gasteiger partial charge on any atom is 0.338 e. The number of amides is 1. The fourth-order valence-corrected chi connectivity index (χ4v) is 3.10. The van der Waals surface area contributed by atoms with Gasteiger partial charge in [0.25, 0.3) is 5.91 Å². The molecule has 0 unspecified atom stereocenters. The number of aromatic carboxylic acids is 1. The number of rotatable bonds is 7. The second-order valence-corrected chi connectivity index (χ2v) is 6.29. The lowest BCUT2D eigenvalue weighted by atomic mass is 10.1. The first-order chi connectivity index (χ1) is 13.1. The smallest absolute Gasteiger partial charge is 0.338 e. The van der Waals surface area contributed by atoms with E-state index >= 15 is 0 Å². The molecule has 3 rings (SSSR count). The molecule has 0 radical (unpaired) electrons. The molecule has 8 nitrogen and oxygen atoms in total. The third-order valence-electron chi connectivity index (χ3n) is 4.54. The Labute approximate surface area is 157 Å². The van der Waals surface area contributed by atoms with Crippen LogP contribution in [0.25, 0.3) is 0 Å². The summed E-state index contributed by atoms with van der Waals surface area (Å²) in [5.74, 6) is 0.115. The zero-order valence-corrected chi connectivity index (χ0v) is 15.2. The van der Waals surface area contributed by atoms with Crippen molar-refractivity contribution in [2.24, 2.45) is 0 Å². The number of likely N-dealkylation sites (tertiary alicyclic amines) is 1. The van der Waals surface area contributed by atoms with Gasteiger partial charge in [-0.1, -0.05) is 12.1 Å². The van der Waals surface area contributed by atoms with E-state index < -0.39 is 5.97 Å². The molecule has 1 fully saturated rings. The molecule has 144 valence electrons. The van der Waals surface area contributed by atoms with Crippen LogP contribution in [0.4, 0.5) is 0 Å². The van der Waals surface area contributed by atoms with Gasteiger partial charge < -0.3 is 19.5 Å². The molecule has 1 aliphatic heterocycles. The maximum atomic E-state index is 12.4. The van der Waals surface area contributed by atoms with Gasteiger partial charge in [0.05, 0.1) is 24.4 Å². The summed E-state index contributed by atoms with van der Waals surface area (Å²) in [6.45, 7) is 3.55. The SMILES string of the molecule is CCOc1ccccc1OCC(=O)N1CCC(n2cc(C(=O)O)cn2)CC1. The predicted molar refractivity (Wildman–Crippen MR) is 97.1 cm³/mol. The van der Waals surface area contributed by atoms with Gasteiger partial charge in [-0.2, -0.15) is 5.10 Å². The maximum absolute atomic E-state index is 12.4. The quantitative estimate of drug-likeness (QED) is 0.800. The number of piperidine rings is 1. The highest BCUT2D eigenvalue weighted by Gasteiger charge is 2.25. The second-order valence-electron chi connectivity index (χ2n) is 6.29. The minimum absolute atomic E-state index is 0.0420. The van der Waals surface area contributed by atoms with E-state index in [1.165, 1.54) is 12.4 Å². The van der Waals surface area contributed by atoms with Crippen LogP contribution in [-0.4, -0.2) is 58.0 Å². The van der Waals surface area contributed by atoms with Crippen molar-refractivity contribution in [2.45, 2.75) is 25.8 Å². The average Bonchev–Trinajstić information content (AvgIpc) is 3.18. The Morgan fingerprint density at radius 3 is 2.44 bits per heavy atom. The first kappa shape index (κ1) is 18.8. The Morgan fingerprint density at radius 2 is 1.85 bits per heavy atom. The zero-order valence-electron chi connectivity index (χ0n) is 15.2. The highest BCUT2D eigenvalue weighted by Crippen LogP contribution is 2.27. The molecule has 1 saturated heterocycles. The topological polar surface area (TPSA) is 93.9 Å².